The topological polar surface area (TPSA) is 110 Å². The lowest BCUT2D eigenvalue weighted by molar-refractivity contribution is -0.0848. The minimum Gasteiger partial charge on any atom is -0.462 e. The van der Waals surface area contributed by atoms with Crippen molar-refractivity contribution in [1.82, 2.24) is 0 Å². The number of benzene rings is 1. The van der Waals surface area contributed by atoms with Crippen molar-refractivity contribution < 1.29 is 9.53 Å². The molecule has 0 heterocycles. The molecule has 4 fully saturated rings. The first kappa shape index (κ1) is 19.0. The molecule has 1 aromatic carbocycles. The summed E-state index contributed by atoms with van der Waals surface area (Å²) in [6.07, 6.45) is 7.66. The van der Waals surface area contributed by atoms with Gasteiger partial charge < -0.3 is 10.1 Å². The first-order chi connectivity index (χ1) is 14.0. The Morgan fingerprint density at radius 2 is 1.52 bits per heavy atom. The number of rotatable bonds is 5. The molecule has 29 heavy (non-hydrogen) atoms. The van der Waals surface area contributed by atoms with Gasteiger partial charge in [0.1, 0.15) is 23.9 Å². The van der Waals surface area contributed by atoms with Crippen LogP contribution in [0.2, 0.25) is 0 Å². The van der Waals surface area contributed by atoms with E-state index in [1.165, 1.54) is 38.5 Å². The molecule has 4 saturated carbocycles. The van der Waals surface area contributed by atoms with Crippen molar-refractivity contribution >= 4 is 11.7 Å². The van der Waals surface area contributed by atoms with Gasteiger partial charge in [0.25, 0.3) is 0 Å². The van der Waals surface area contributed by atoms with E-state index in [1.807, 2.05) is 0 Å². The van der Waals surface area contributed by atoms with Gasteiger partial charge in [-0.1, -0.05) is 0 Å². The highest BCUT2D eigenvalue weighted by Crippen LogP contribution is 2.60. The van der Waals surface area contributed by atoms with Crippen LogP contribution in [0.25, 0.3) is 0 Å². The summed E-state index contributed by atoms with van der Waals surface area (Å²) in [7, 11) is 0. The zero-order valence-electron chi connectivity index (χ0n) is 16.1. The molecule has 0 saturated heterocycles. The highest BCUT2D eigenvalue weighted by molar-refractivity contribution is 5.89. The van der Waals surface area contributed by atoms with Gasteiger partial charge in [-0.2, -0.15) is 15.8 Å². The second-order valence-corrected chi connectivity index (χ2v) is 8.78. The maximum atomic E-state index is 12.5. The van der Waals surface area contributed by atoms with Gasteiger partial charge in [0.05, 0.1) is 12.2 Å². The van der Waals surface area contributed by atoms with E-state index in [2.05, 4.69) is 5.32 Å². The lowest BCUT2D eigenvalue weighted by Crippen LogP contribution is -2.48. The number of nitrogens with one attached hydrogen (secondary N) is 1. The van der Waals surface area contributed by atoms with Crippen LogP contribution in [0.5, 0.6) is 0 Å². The second-order valence-electron chi connectivity index (χ2n) is 8.78. The molecule has 4 bridgehead atoms. The summed E-state index contributed by atoms with van der Waals surface area (Å²) in [6.45, 7) is 0.504. The molecule has 0 radical (unpaired) electrons. The molecule has 0 aromatic heterocycles. The highest BCUT2D eigenvalue weighted by atomic mass is 16.5. The van der Waals surface area contributed by atoms with Crippen molar-refractivity contribution in [2.75, 3.05) is 11.9 Å². The van der Waals surface area contributed by atoms with Crippen molar-refractivity contribution in [3.05, 3.63) is 41.1 Å². The number of hydrogen-bond donors (Lipinski definition) is 1. The Kier molecular flexibility index (Phi) is 4.99. The molecular weight excluding hydrogens is 364 g/mol. The van der Waals surface area contributed by atoms with E-state index in [0.29, 0.717) is 17.9 Å². The third-order valence-electron chi connectivity index (χ3n) is 6.65. The molecule has 1 N–H and O–H groups in total. The zero-order valence-corrected chi connectivity index (χ0v) is 16.1. The van der Waals surface area contributed by atoms with E-state index in [-0.39, 0.29) is 22.7 Å². The normalized spacial score (nSPS) is 28.5. The van der Waals surface area contributed by atoms with E-state index in [4.69, 9.17) is 20.5 Å². The zero-order chi connectivity index (χ0) is 20.4. The largest absolute Gasteiger partial charge is 0.462 e. The molecule has 4 aliphatic carbocycles. The van der Waals surface area contributed by atoms with E-state index < -0.39 is 0 Å². The van der Waals surface area contributed by atoms with Crippen LogP contribution >= 0.6 is 0 Å². The summed E-state index contributed by atoms with van der Waals surface area (Å²) in [6, 6.07) is 11.7. The van der Waals surface area contributed by atoms with Gasteiger partial charge in [-0.25, -0.2) is 4.79 Å². The third kappa shape index (κ3) is 3.82. The molecule has 0 unspecified atom stereocenters. The number of allylic oxidation sites excluding steroid dienone is 2. The molecule has 0 aliphatic heterocycles. The molecule has 0 amide bonds. The van der Waals surface area contributed by atoms with Crippen molar-refractivity contribution in [2.45, 2.75) is 38.5 Å². The number of nitriles is 3. The maximum Gasteiger partial charge on any atom is 0.338 e. The minimum absolute atomic E-state index is 0.118. The Morgan fingerprint density at radius 1 is 0.966 bits per heavy atom. The number of esters is 1. The van der Waals surface area contributed by atoms with Crippen molar-refractivity contribution in [3.63, 3.8) is 0 Å². The smallest absolute Gasteiger partial charge is 0.338 e. The Morgan fingerprint density at radius 3 is 2.00 bits per heavy atom. The van der Waals surface area contributed by atoms with Crippen LogP contribution < -0.4 is 5.32 Å². The number of anilines is 1. The maximum absolute atomic E-state index is 12.5. The fourth-order valence-corrected chi connectivity index (χ4v) is 5.89. The molecule has 6 nitrogen and oxygen atoms in total. The molecular formula is C23H22N4O2. The highest BCUT2D eigenvalue weighted by Gasteiger charge is 2.51. The fraction of sp³-hybridized carbons (Fsp3) is 0.478. The van der Waals surface area contributed by atoms with Gasteiger partial charge in [-0.05, 0) is 80.5 Å². The second kappa shape index (κ2) is 7.61. The van der Waals surface area contributed by atoms with Gasteiger partial charge in [0.2, 0.25) is 0 Å². The summed E-state index contributed by atoms with van der Waals surface area (Å²) >= 11 is 0. The quantitative estimate of drug-likeness (QED) is 0.597. The predicted octanol–water partition coefficient (Wildman–Crippen LogP) is 4.30. The number of nitrogens with zero attached hydrogens (tertiary/aromatic N) is 3. The molecule has 0 atom stereocenters. The standard InChI is InChI=1S/C23H22N4O2/c24-11-19(12-25)21(13-26)27-20-3-1-18(2-4-20)22(28)29-14-23-8-15-5-16(9-23)7-17(6-15)10-23/h1-4,15-17,27H,5-10,14H2. The van der Waals surface area contributed by atoms with E-state index in [0.717, 1.165) is 17.8 Å². The molecule has 0 spiro atoms. The lowest BCUT2D eigenvalue weighted by atomic mass is 9.50. The molecule has 4 aliphatic rings. The number of carbonyl (C=O) groups is 1. The average molecular weight is 386 g/mol. The van der Waals surface area contributed by atoms with Crippen LogP contribution in [0.4, 0.5) is 5.69 Å². The van der Waals surface area contributed by atoms with Gasteiger partial charge in [-0.15, -0.1) is 0 Å². The SMILES string of the molecule is N#CC(C#N)=C(C#N)Nc1ccc(C(=O)OCC23CC4CC(CC(C4)C2)C3)cc1. The number of hydrogen-bond acceptors (Lipinski definition) is 6. The summed E-state index contributed by atoms with van der Waals surface area (Å²) < 4.78 is 5.72. The van der Waals surface area contributed by atoms with Crippen LogP contribution in [0, 0.1) is 57.2 Å². The predicted molar refractivity (Wildman–Crippen MR) is 105 cm³/mol. The van der Waals surface area contributed by atoms with Gasteiger partial charge in [0, 0.05) is 11.1 Å². The summed E-state index contributed by atoms with van der Waals surface area (Å²) in [5.41, 5.74) is 0.744. The number of carbonyl (C=O) groups excluding carboxylic acids is 1. The molecule has 6 heteroatoms. The number of ether oxygens (including phenoxy) is 1. The van der Waals surface area contributed by atoms with E-state index in [1.54, 1.807) is 42.5 Å². The fourth-order valence-electron chi connectivity index (χ4n) is 5.89. The van der Waals surface area contributed by atoms with Crippen molar-refractivity contribution in [1.29, 1.82) is 15.8 Å². The van der Waals surface area contributed by atoms with Crippen LogP contribution in [0.3, 0.4) is 0 Å². The monoisotopic (exact) mass is 386 g/mol. The van der Waals surface area contributed by atoms with E-state index in [9.17, 15) is 4.79 Å². The summed E-state index contributed by atoms with van der Waals surface area (Å²) in [5.74, 6) is 2.12. The average Bonchev–Trinajstić information content (AvgIpc) is 2.71. The van der Waals surface area contributed by atoms with Gasteiger partial charge >= 0.3 is 5.97 Å². The van der Waals surface area contributed by atoms with Crippen LogP contribution in [0.1, 0.15) is 48.9 Å². The van der Waals surface area contributed by atoms with Crippen molar-refractivity contribution in [3.8, 4) is 18.2 Å². The minimum atomic E-state index is -0.335. The first-order valence-electron chi connectivity index (χ1n) is 10.0. The first-order valence-corrected chi connectivity index (χ1v) is 10.0. The summed E-state index contributed by atoms with van der Waals surface area (Å²) in [4.78, 5) is 12.5. The van der Waals surface area contributed by atoms with Crippen LogP contribution in [0.15, 0.2) is 35.5 Å². The third-order valence-corrected chi connectivity index (χ3v) is 6.65. The van der Waals surface area contributed by atoms with Crippen LogP contribution in [-0.4, -0.2) is 12.6 Å². The van der Waals surface area contributed by atoms with Gasteiger partial charge in [0.15, 0.2) is 5.57 Å². The Hall–Kier alpha value is -3.30. The van der Waals surface area contributed by atoms with Gasteiger partial charge in [-0.3, -0.25) is 0 Å². The lowest BCUT2D eigenvalue weighted by Gasteiger charge is -2.56. The van der Waals surface area contributed by atoms with Crippen molar-refractivity contribution in [2.24, 2.45) is 23.2 Å². The van der Waals surface area contributed by atoms with Crippen LogP contribution in [-0.2, 0) is 4.74 Å². The molecule has 146 valence electrons. The van der Waals surface area contributed by atoms with E-state index >= 15 is 0 Å². The molecule has 5 rings (SSSR count). The Balaban J connectivity index is 1.38. The molecule has 1 aromatic rings. The Labute approximate surface area is 170 Å². The summed E-state index contributed by atoms with van der Waals surface area (Å²) in [5, 5.41) is 29.6. The Bertz CT molecular complexity index is 921.